The van der Waals surface area contributed by atoms with Gasteiger partial charge in [0.25, 0.3) is 0 Å². The molecule has 1 rings (SSSR count). The Bertz CT molecular complexity index is 172. The zero-order valence-corrected chi connectivity index (χ0v) is 11.4. The van der Waals surface area contributed by atoms with Crippen molar-refractivity contribution in [2.24, 2.45) is 0 Å². The summed E-state index contributed by atoms with van der Waals surface area (Å²) in [5.41, 5.74) is 0. The lowest BCUT2D eigenvalue weighted by atomic mass is 10.2. The van der Waals surface area contributed by atoms with E-state index in [1.165, 1.54) is 23.7 Å². The van der Waals surface area contributed by atoms with Gasteiger partial charge in [-0.1, -0.05) is 29.0 Å². The van der Waals surface area contributed by atoms with Gasteiger partial charge in [-0.25, -0.2) is 0 Å². The minimum Gasteiger partial charge on any atom is -0.355 e. The minimum absolute atomic E-state index is 0.250. The maximum atomic E-state index is 11.5. The van der Waals surface area contributed by atoms with Gasteiger partial charge in [0.05, 0.1) is 5.25 Å². The van der Waals surface area contributed by atoms with Crippen molar-refractivity contribution in [1.29, 1.82) is 0 Å². The molecule has 0 aromatic heterocycles. The Hall–Kier alpha value is 0.550. The molecule has 82 valence electrons. The SMILES string of the molecule is O=C(NCCCCCI)C1CCCS1. The van der Waals surface area contributed by atoms with Crippen LogP contribution in [0.15, 0.2) is 0 Å². The third-order valence-electron chi connectivity index (χ3n) is 2.33. The van der Waals surface area contributed by atoms with Gasteiger partial charge in [0.1, 0.15) is 0 Å². The summed E-state index contributed by atoms with van der Waals surface area (Å²) < 4.78 is 1.23. The lowest BCUT2D eigenvalue weighted by Crippen LogP contribution is -2.31. The van der Waals surface area contributed by atoms with Gasteiger partial charge in [-0.2, -0.15) is 0 Å². The summed E-state index contributed by atoms with van der Waals surface area (Å²) in [6.07, 6.45) is 5.92. The Balaban J connectivity index is 1.97. The zero-order chi connectivity index (χ0) is 10.2. The second-order valence-corrected chi connectivity index (χ2v) is 5.93. The number of carbonyl (C=O) groups is 1. The highest BCUT2D eigenvalue weighted by molar-refractivity contribution is 14.1. The van der Waals surface area contributed by atoms with E-state index in [-0.39, 0.29) is 11.2 Å². The van der Waals surface area contributed by atoms with Crippen LogP contribution in [0.2, 0.25) is 0 Å². The third kappa shape index (κ3) is 4.87. The second kappa shape index (κ2) is 7.79. The van der Waals surface area contributed by atoms with Gasteiger partial charge < -0.3 is 5.32 Å². The summed E-state index contributed by atoms with van der Waals surface area (Å²) >= 11 is 4.20. The quantitative estimate of drug-likeness (QED) is 0.462. The fourth-order valence-corrected chi connectivity index (χ4v) is 3.23. The van der Waals surface area contributed by atoms with Crippen LogP contribution in [0.1, 0.15) is 32.1 Å². The first kappa shape index (κ1) is 12.6. The molecule has 0 aromatic carbocycles. The van der Waals surface area contributed by atoms with Crippen molar-refractivity contribution in [2.45, 2.75) is 37.4 Å². The number of alkyl halides is 1. The molecule has 0 radical (unpaired) electrons. The molecule has 1 fully saturated rings. The zero-order valence-electron chi connectivity index (χ0n) is 8.43. The summed E-state index contributed by atoms with van der Waals surface area (Å²) in [6.45, 7) is 0.868. The average molecular weight is 327 g/mol. The number of rotatable bonds is 6. The average Bonchev–Trinajstić information content (AvgIpc) is 2.70. The molecule has 0 aromatic rings. The van der Waals surface area contributed by atoms with E-state index in [0.29, 0.717) is 0 Å². The predicted octanol–water partition coefficient (Wildman–Crippen LogP) is 2.60. The van der Waals surface area contributed by atoms with E-state index >= 15 is 0 Å². The number of carbonyl (C=O) groups excluding carboxylic acids is 1. The van der Waals surface area contributed by atoms with Crippen LogP contribution in [0.3, 0.4) is 0 Å². The van der Waals surface area contributed by atoms with Gasteiger partial charge in [-0.3, -0.25) is 4.79 Å². The number of nitrogens with one attached hydrogen (secondary N) is 1. The molecule has 1 aliphatic rings. The molecule has 0 bridgehead atoms. The fraction of sp³-hybridized carbons (Fsp3) is 0.900. The molecule has 0 aliphatic carbocycles. The van der Waals surface area contributed by atoms with Crippen molar-refractivity contribution < 1.29 is 4.79 Å². The number of unbranched alkanes of at least 4 members (excludes halogenated alkanes) is 2. The van der Waals surface area contributed by atoms with Crippen molar-refractivity contribution >= 4 is 40.3 Å². The molecule has 1 aliphatic heterocycles. The Morgan fingerprint density at radius 3 is 2.93 bits per heavy atom. The summed E-state index contributed by atoms with van der Waals surface area (Å²) in [5, 5.41) is 3.27. The summed E-state index contributed by atoms with van der Waals surface area (Å²) in [5.74, 6) is 1.43. The fourth-order valence-electron chi connectivity index (χ4n) is 1.51. The van der Waals surface area contributed by atoms with Crippen LogP contribution >= 0.6 is 34.4 Å². The summed E-state index contributed by atoms with van der Waals surface area (Å²) in [6, 6.07) is 0. The number of halogens is 1. The van der Waals surface area contributed by atoms with Crippen LogP contribution in [-0.2, 0) is 4.79 Å². The van der Waals surface area contributed by atoms with Gasteiger partial charge in [-0.15, -0.1) is 11.8 Å². The third-order valence-corrected chi connectivity index (χ3v) is 4.47. The minimum atomic E-state index is 0.250. The molecular weight excluding hydrogens is 309 g/mol. The highest BCUT2D eigenvalue weighted by Crippen LogP contribution is 2.25. The molecule has 1 heterocycles. The molecule has 4 heteroatoms. The molecule has 1 saturated heterocycles. The van der Waals surface area contributed by atoms with Crippen LogP contribution in [-0.4, -0.2) is 27.9 Å². The Morgan fingerprint density at radius 1 is 1.43 bits per heavy atom. The standard InChI is InChI=1S/C10H18INOS/c11-6-2-1-3-7-12-10(13)9-5-4-8-14-9/h9H,1-8H2,(H,12,13). The van der Waals surface area contributed by atoms with Crippen molar-refractivity contribution in [3.8, 4) is 0 Å². The van der Waals surface area contributed by atoms with Gasteiger partial charge >= 0.3 is 0 Å². The Morgan fingerprint density at radius 2 is 2.29 bits per heavy atom. The molecule has 1 amide bonds. The maximum Gasteiger partial charge on any atom is 0.233 e. The molecule has 14 heavy (non-hydrogen) atoms. The number of thioether (sulfide) groups is 1. The summed E-state index contributed by atoms with van der Waals surface area (Å²) in [4.78, 5) is 11.5. The molecule has 1 unspecified atom stereocenters. The largest absolute Gasteiger partial charge is 0.355 e. The lowest BCUT2D eigenvalue weighted by Gasteiger charge is -2.09. The topological polar surface area (TPSA) is 29.1 Å². The van der Waals surface area contributed by atoms with Crippen molar-refractivity contribution in [3.63, 3.8) is 0 Å². The molecular formula is C10H18INOS. The highest BCUT2D eigenvalue weighted by Gasteiger charge is 2.22. The van der Waals surface area contributed by atoms with Crippen LogP contribution in [0.4, 0.5) is 0 Å². The van der Waals surface area contributed by atoms with Crippen LogP contribution in [0, 0.1) is 0 Å². The van der Waals surface area contributed by atoms with Crippen molar-refractivity contribution in [2.75, 3.05) is 16.7 Å². The first-order valence-corrected chi connectivity index (χ1v) is 7.87. The second-order valence-electron chi connectivity index (χ2n) is 3.54. The molecule has 2 nitrogen and oxygen atoms in total. The number of hydrogen-bond acceptors (Lipinski definition) is 2. The smallest absolute Gasteiger partial charge is 0.233 e. The Labute approximate surface area is 104 Å². The van der Waals surface area contributed by atoms with E-state index in [1.54, 1.807) is 11.8 Å². The van der Waals surface area contributed by atoms with Crippen molar-refractivity contribution in [1.82, 2.24) is 5.32 Å². The number of amides is 1. The molecule has 1 atom stereocenters. The van der Waals surface area contributed by atoms with E-state index < -0.39 is 0 Å². The first-order valence-electron chi connectivity index (χ1n) is 5.30. The highest BCUT2D eigenvalue weighted by atomic mass is 127. The predicted molar refractivity (Wildman–Crippen MR) is 71.2 cm³/mol. The van der Waals surface area contributed by atoms with E-state index in [0.717, 1.165) is 25.1 Å². The van der Waals surface area contributed by atoms with Crippen LogP contribution in [0.25, 0.3) is 0 Å². The molecule has 0 spiro atoms. The monoisotopic (exact) mass is 327 g/mol. The number of hydrogen-bond donors (Lipinski definition) is 1. The first-order chi connectivity index (χ1) is 6.84. The van der Waals surface area contributed by atoms with Gasteiger partial charge in [0, 0.05) is 6.54 Å². The van der Waals surface area contributed by atoms with Gasteiger partial charge in [0.2, 0.25) is 5.91 Å². The van der Waals surface area contributed by atoms with E-state index in [9.17, 15) is 4.79 Å². The lowest BCUT2D eigenvalue weighted by molar-refractivity contribution is -0.120. The van der Waals surface area contributed by atoms with Crippen LogP contribution in [0.5, 0.6) is 0 Å². The van der Waals surface area contributed by atoms with Gasteiger partial charge in [-0.05, 0) is 35.9 Å². The van der Waals surface area contributed by atoms with Gasteiger partial charge in [0.15, 0.2) is 0 Å². The van der Waals surface area contributed by atoms with E-state index in [1.807, 2.05) is 0 Å². The summed E-state index contributed by atoms with van der Waals surface area (Å²) in [7, 11) is 0. The molecule has 0 saturated carbocycles. The normalized spacial score (nSPS) is 21.1. The van der Waals surface area contributed by atoms with E-state index in [2.05, 4.69) is 27.9 Å². The van der Waals surface area contributed by atoms with Crippen LogP contribution < -0.4 is 5.32 Å². The molecule has 1 N–H and O–H groups in total. The van der Waals surface area contributed by atoms with Crippen molar-refractivity contribution in [3.05, 3.63) is 0 Å². The Kier molecular flexibility index (Phi) is 7.02. The maximum absolute atomic E-state index is 11.5. The van der Waals surface area contributed by atoms with E-state index in [4.69, 9.17) is 0 Å².